The summed E-state index contributed by atoms with van der Waals surface area (Å²) in [5.41, 5.74) is 0. The minimum absolute atomic E-state index is 0.211. The fraction of sp³-hybridized carbons (Fsp3) is 1.00. The molecule has 6 N–H and O–H groups in total. The van der Waals surface area contributed by atoms with Crippen LogP contribution in [0.5, 0.6) is 0 Å². The fourth-order valence-corrected chi connectivity index (χ4v) is 5.93. The number of hydrogen-bond acceptors (Lipinski definition) is 7. The van der Waals surface area contributed by atoms with Crippen LogP contribution < -0.4 is 10.6 Å². The Bertz CT molecular complexity index is 459. The summed E-state index contributed by atoms with van der Waals surface area (Å²) in [6, 6.07) is 0.465. The maximum Gasteiger partial charge on any atom is 0.173 e. The lowest BCUT2D eigenvalue weighted by Crippen LogP contribution is -2.70. The minimum Gasteiger partial charge on any atom is -0.394 e. The third-order valence-corrected chi connectivity index (χ3v) is 7.27. The van der Waals surface area contributed by atoms with Crippen LogP contribution in [0.15, 0.2) is 0 Å². The molecule has 4 aliphatic rings. The molecule has 0 aromatic rings. The molecule has 4 rings (SSSR count). The standard InChI is InChI=1S/C19H34N2O5/c22-9-14-17(23)18(24)16(19(25)26-14)21-15-10-5-1-3-7-12(10)20-13-8-4-2-6-11(13)15/h10-25H,1-9H2. The molecule has 0 bridgehead atoms. The molecular weight excluding hydrogens is 336 g/mol. The molecule has 2 saturated heterocycles. The van der Waals surface area contributed by atoms with E-state index in [-0.39, 0.29) is 6.04 Å². The first-order valence-electron chi connectivity index (χ1n) is 10.4. The molecule has 7 nitrogen and oxygen atoms in total. The molecule has 2 aliphatic carbocycles. The molecule has 4 fully saturated rings. The Morgan fingerprint density at radius 2 is 1.38 bits per heavy atom. The van der Waals surface area contributed by atoms with E-state index < -0.39 is 37.3 Å². The summed E-state index contributed by atoms with van der Waals surface area (Å²) in [6.07, 6.45) is 5.10. The van der Waals surface area contributed by atoms with Crippen LogP contribution in [0, 0.1) is 11.8 Å². The first-order valence-corrected chi connectivity index (χ1v) is 10.4. The lowest BCUT2D eigenvalue weighted by molar-refractivity contribution is -0.257. The van der Waals surface area contributed by atoms with E-state index in [0.717, 1.165) is 12.8 Å². The number of aliphatic hydroxyl groups excluding tert-OH is 4. The van der Waals surface area contributed by atoms with Gasteiger partial charge in [-0.25, -0.2) is 0 Å². The summed E-state index contributed by atoms with van der Waals surface area (Å²) >= 11 is 0. The van der Waals surface area contributed by atoms with Gasteiger partial charge in [0.05, 0.1) is 12.6 Å². The van der Waals surface area contributed by atoms with Crippen molar-refractivity contribution >= 4 is 0 Å². The number of aliphatic hydroxyl groups is 4. The van der Waals surface area contributed by atoms with Gasteiger partial charge in [0.2, 0.25) is 0 Å². The van der Waals surface area contributed by atoms with Gasteiger partial charge in [-0.1, -0.05) is 25.7 Å². The van der Waals surface area contributed by atoms with Gasteiger partial charge in [0, 0.05) is 18.1 Å². The van der Waals surface area contributed by atoms with Gasteiger partial charge in [-0.2, -0.15) is 0 Å². The molecule has 7 heteroatoms. The lowest BCUT2D eigenvalue weighted by atomic mass is 9.65. The largest absolute Gasteiger partial charge is 0.394 e. The van der Waals surface area contributed by atoms with Crippen LogP contribution in [0.2, 0.25) is 0 Å². The molecule has 2 heterocycles. The van der Waals surface area contributed by atoms with Crippen molar-refractivity contribution in [2.45, 2.75) is 100 Å². The molecule has 2 saturated carbocycles. The van der Waals surface area contributed by atoms with Crippen LogP contribution in [0.4, 0.5) is 0 Å². The van der Waals surface area contributed by atoms with E-state index in [9.17, 15) is 20.4 Å². The Morgan fingerprint density at radius 3 is 1.96 bits per heavy atom. The van der Waals surface area contributed by atoms with Crippen LogP contribution in [0.3, 0.4) is 0 Å². The van der Waals surface area contributed by atoms with Crippen molar-refractivity contribution < 1.29 is 25.2 Å². The number of rotatable bonds is 3. The second-order valence-corrected chi connectivity index (χ2v) is 8.72. The minimum atomic E-state index is -1.23. The number of hydrogen-bond donors (Lipinski definition) is 6. The van der Waals surface area contributed by atoms with Gasteiger partial charge in [0.25, 0.3) is 0 Å². The topological polar surface area (TPSA) is 114 Å². The normalized spacial score (nSPS) is 52.2. The second-order valence-electron chi connectivity index (χ2n) is 8.72. The molecule has 26 heavy (non-hydrogen) atoms. The number of piperidine rings is 1. The molecule has 0 amide bonds. The summed E-state index contributed by atoms with van der Waals surface area (Å²) in [6.45, 7) is -0.426. The lowest BCUT2D eigenvalue weighted by Gasteiger charge is -2.54. The molecule has 0 radical (unpaired) electrons. The number of ether oxygens (including phenoxy) is 1. The Kier molecular flexibility index (Phi) is 5.86. The average Bonchev–Trinajstić information content (AvgIpc) is 2.67. The van der Waals surface area contributed by atoms with Gasteiger partial charge < -0.3 is 35.8 Å². The molecule has 0 spiro atoms. The van der Waals surface area contributed by atoms with Gasteiger partial charge >= 0.3 is 0 Å². The molecule has 9 atom stereocenters. The summed E-state index contributed by atoms with van der Waals surface area (Å²) < 4.78 is 5.36. The number of fused-ring (bicyclic) bond motifs is 2. The van der Waals surface area contributed by atoms with Crippen LogP contribution in [0.25, 0.3) is 0 Å². The van der Waals surface area contributed by atoms with Crippen molar-refractivity contribution in [2.24, 2.45) is 11.8 Å². The second kappa shape index (κ2) is 7.99. The van der Waals surface area contributed by atoms with E-state index in [1.807, 2.05) is 0 Å². The fourth-order valence-electron chi connectivity index (χ4n) is 5.93. The van der Waals surface area contributed by atoms with E-state index >= 15 is 0 Å². The zero-order valence-electron chi connectivity index (χ0n) is 15.3. The van der Waals surface area contributed by atoms with Gasteiger partial charge in [0.1, 0.15) is 18.3 Å². The molecule has 0 aromatic heterocycles. The third kappa shape index (κ3) is 3.43. The average molecular weight is 370 g/mol. The van der Waals surface area contributed by atoms with E-state index in [2.05, 4.69) is 10.6 Å². The van der Waals surface area contributed by atoms with Crippen molar-refractivity contribution in [3.8, 4) is 0 Å². The van der Waals surface area contributed by atoms with Crippen LogP contribution in [-0.4, -0.2) is 75.8 Å². The molecule has 9 unspecified atom stereocenters. The molecule has 150 valence electrons. The van der Waals surface area contributed by atoms with Gasteiger partial charge in [-0.15, -0.1) is 0 Å². The van der Waals surface area contributed by atoms with E-state index in [4.69, 9.17) is 4.74 Å². The van der Waals surface area contributed by atoms with E-state index in [1.54, 1.807) is 0 Å². The molecular formula is C19H34N2O5. The van der Waals surface area contributed by atoms with Crippen molar-refractivity contribution in [2.75, 3.05) is 6.61 Å². The highest BCUT2D eigenvalue weighted by molar-refractivity contribution is 5.05. The highest BCUT2D eigenvalue weighted by atomic mass is 16.6. The Morgan fingerprint density at radius 1 is 0.808 bits per heavy atom. The summed E-state index contributed by atoms with van der Waals surface area (Å²) in [5, 5.41) is 47.9. The Hall–Kier alpha value is -0.280. The van der Waals surface area contributed by atoms with Crippen LogP contribution >= 0.6 is 0 Å². The first-order chi connectivity index (χ1) is 12.6. The molecule has 0 aromatic carbocycles. The van der Waals surface area contributed by atoms with Crippen molar-refractivity contribution in [1.82, 2.24) is 10.6 Å². The first kappa shape index (κ1) is 19.1. The SMILES string of the molecule is OCC1OC(O)C(NC2C3CCCCC3NC3CCCCC32)C(O)C1O. The van der Waals surface area contributed by atoms with Crippen molar-refractivity contribution in [1.29, 1.82) is 0 Å². The van der Waals surface area contributed by atoms with E-state index in [1.165, 1.54) is 38.5 Å². The van der Waals surface area contributed by atoms with Gasteiger partial charge in [-0.3, -0.25) is 0 Å². The highest BCUT2D eigenvalue weighted by Crippen LogP contribution is 2.41. The van der Waals surface area contributed by atoms with E-state index in [0.29, 0.717) is 23.9 Å². The zero-order valence-corrected chi connectivity index (χ0v) is 15.3. The Labute approximate surface area is 155 Å². The number of nitrogens with one attached hydrogen (secondary N) is 2. The Balaban J connectivity index is 1.53. The smallest absolute Gasteiger partial charge is 0.173 e. The summed E-state index contributed by atoms with van der Waals surface area (Å²) in [7, 11) is 0. The maximum atomic E-state index is 10.6. The predicted octanol–water partition coefficient (Wildman–Crippen LogP) is -0.535. The zero-order chi connectivity index (χ0) is 18.3. The summed E-state index contributed by atoms with van der Waals surface area (Å²) in [4.78, 5) is 0. The maximum absolute atomic E-state index is 10.6. The van der Waals surface area contributed by atoms with Gasteiger partial charge in [0.15, 0.2) is 6.29 Å². The summed E-state index contributed by atoms with van der Waals surface area (Å²) in [5.74, 6) is 0.963. The van der Waals surface area contributed by atoms with Gasteiger partial charge in [-0.05, 0) is 37.5 Å². The van der Waals surface area contributed by atoms with Crippen LogP contribution in [0.1, 0.15) is 51.4 Å². The monoisotopic (exact) mass is 370 g/mol. The third-order valence-electron chi connectivity index (χ3n) is 7.27. The van der Waals surface area contributed by atoms with Crippen molar-refractivity contribution in [3.05, 3.63) is 0 Å². The quantitative estimate of drug-likeness (QED) is 0.396. The predicted molar refractivity (Wildman–Crippen MR) is 95.3 cm³/mol. The van der Waals surface area contributed by atoms with Crippen LogP contribution in [-0.2, 0) is 4.74 Å². The molecule has 2 aliphatic heterocycles. The highest BCUT2D eigenvalue weighted by Gasteiger charge is 2.50. The van der Waals surface area contributed by atoms with Crippen molar-refractivity contribution in [3.63, 3.8) is 0 Å².